The molecule has 25 heavy (non-hydrogen) atoms. The van der Waals surface area contributed by atoms with E-state index in [0.717, 1.165) is 38.3 Å². The topological polar surface area (TPSA) is 35.9 Å². The zero-order valence-electron chi connectivity index (χ0n) is 15.0. The van der Waals surface area contributed by atoms with E-state index in [9.17, 15) is 5.11 Å². The van der Waals surface area contributed by atoms with Gasteiger partial charge in [0.05, 0.1) is 0 Å². The van der Waals surface area contributed by atoms with Crippen molar-refractivity contribution in [1.82, 2.24) is 9.80 Å². The molecule has 2 aromatic carbocycles. The first kappa shape index (κ1) is 17.9. The van der Waals surface area contributed by atoms with Crippen LogP contribution in [0.4, 0.5) is 0 Å². The Bertz CT molecular complexity index is 647. The molecule has 0 spiro atoms. The summed E-state index contributed by atoms with van der Waals surface area (Å²) in [6.45, 7) is 4.90. The maximum Gasteiger partial charge on any atom is 0.120 e. The van der Waals surface area contributed by atoms with Crippen LogP contribution in [0.1, 0.15) is 17.5 Å². The molecule has 0 radical (unpaired) electrons. The summed E-state index contributed by atoms with van der Waals surface area (Å²) < 4.78 is 5.94. The first-order chi connectivity index (χ1) is 12.2. The molecule has 1 heterocycles. The molecule has 1 aliphatic heterocycles. The SMILES string of the molecule is CN1CCN(Cc2cccc(OCc3ccccc3)c2)C[C@H]1CCO. The number of rotatable bonds is 7. The van der Waals surface area contributed by atoms with Crippen molar-refractivity contribution < 1.29 is 9.84 Å². The van der Waals surface area contributed by atoms with E-state index in [0.29, 0.717) is 12.6 Å². The van der Waals surface area contributed by atoms with E-state index >= 15 is 0 Å². The summed E-state index contributed by atoms with van der Waals surface area (Å²) >= 11 is 0. The average molecular weight is 340 g/mol. The number of aliphatic hydroxyl groups excluding tert-OH is 1. The largest absolute Gasteiger partial charge is 0.489 e. The fraction of sp³-hybridized carbons (Fsp3) is 0.429. The summed E-state index contributed by atoms with van der Waals surface area (Å²) in [6, 6.07) is 19.1. The van der Waals surface area contributed by atoms with Crippen LogP contribution in [0, 0.1) is 0 Å². The lowest BCUT2D eigenvalue weighted by Crippen LogP contribution is -2.51. The highest BCUT2D eigenvalue weighted by Gasteiger charge is 2.23. The van der Waals surface area contributed by atoms with E-state index in [4.69, 9.17) is 4.74 Å². The third-order valence-electron chi connectivity index (χ3n) is 4.88. The van der Waals surface area contributed by atoms with Crippen molar-refractivity contribution in [1.29, 1.82) is 0 Å². The van der Waals surface area contributed by atoms with E-state index in [1.54, 1.807) is 0 Å². The lowest BCUT2D eigenvalue weighted by molar-refractivity contribution is 0.0742. The predicted octanol–water partition coefficient (Wildman–Crippen LogP) is 2.76. The van der Waals surface area contributed by atoms with Crippen LogP contribution in [0.2, 0.25) is 0 Å². The van der Waals surface area contributed by atoms with Crippen molar-refractivity contribution in [3.05, 3.63) is 65.7 Å². The normalized spacial score (nSPS) is 19.0. The number of aliphatic hydroxyl groups is 1. The fourth-order valence-corrected chi connectivity index (χ4v) is 3.35. The maximum absolute atomic E-state index is 9.24. The molecule has 134 valence electrons. The minimum absolute atomic E-state index is 0.256. The summed E-state index contributed by atoms with van der Waals surface area (Å²) in [5.41, 5.74) is 2.46. The number of hydrogen-bond donors (Lipinski definition) is 1. The molecule has 0 saturated carbocycles. The van der Waals surface area contributed by atoms with Gasteiger partial charge in [-0.25, -0.2) is 0 Å². The average Bonchev–Trinajstić information content (AvgIpc) is 2.64. The number of nitrogens with zero attached hydrogens (tertiary/aromatic N) is 2. The highest BCUT2D eigenvalue weighted by Crippen LogP contribution is 2.19. The summed E-state index contributed by atoms with van der Waals surface area (Å²) in [7, 11) is 2.15. The Morgan fingerprint density at radius 1 is 1.04 bits per heavy atom. The highest BCUT2D eigenvalue weighted by atomic mass is 16.5. The molecule has 0 unspecified atom stereocenters. The monoisotopic (exact) mass is 340 g/mol. The molecule has 4 heteroatoms. The molecule has 1 saturated heterocycles. The van der Waals surface area contributed by atoms with E-state index in [1.165, 1.54) is 11.1 Å². The Morgan fingerprint density at radius 2 is 1.84 bits per heavy atom. The minimum Gasteiger partial charge on any atom is -0.489 e. The predicted molar refractivity (Wildman–Crippen MR) is 101 cm³/mol. The molecule has 2 aromatic rings. The molecule has 1 aliphatic rings. The van der Waals surface area contributed by atoms with Gasteiger partial charge in [-0.1, -0.05) is 42.5 Å². The van der Waals surface area contributed by atoms with Crippen molar-refractivity contribution in [2.75, 3.05) is 33.3 Å². The Balaban J connectivity index is 1.56. The molecule has 1 atom stereocenters. The maximum atomic E-state index is 9.24. The Labute approximate surface area is 150 Å². The second-order valence-corrected chi connectivity index (χ2v) is 6.80. The van der Waals surface area contributed by atoms with Crippen LogP contribution in [0.5, 0.6) is 5.75 Å². The Morgan fingerprint density at radius 3 is 2.64 bits per heavy atom. The van der Waals surface area contributed by atoms with Gasteiger partial charge in [0.15, 0.2) is 0 Å². The standard InChI is InChI=1S/C21H28N2O2/c1-22-11-12-23(16-20(22)10-13-24)15-19-8-5-9-21(14-19)25-17-18-6-3-2-4-7-18/h2-9,14,20,24H,10-13,15-17H2,1H3/t20-/m1/s1. The van der Waals surface area contributed by atoms with Crippen LogP contribution >= 0.6 is 0 Å². The van der Waals surface area contributed by atoms with Crippen LogP contribution in [0.25, 0.3) is 0 Å². The van der Waals surface area contributed by atoms with Crippen molar-refractivity contribution in [3.8, 4) is 5.75 Å². The smallest absolute Gasteiger partial charge is 0.120 e. The molecule has 4 nitrogen and oxygen atoms in total. The molecule has 1 fully saturated rings. The number of likely N-dealkylation sites (N-methyl/N-ethyl adjacent to an activating group) is 1. The van der Waals surface area contributed by atoms with Crippen LogP contribution in [0.15, 0.2) is 54.6 Å². The number of piperazine rings is 1. The van der Waals surface area contributed by atoms with Gasteiger partial charge in [-0.05, 0) is 36.7 Å². The van der Waals surface area contributed by atoms with Crippen molar-refractivity contribution in [2.45, 2.75) is 25.6 Å². The lowest BCUT2D eigenvalue weighted by atomic mass is 10.1. The third kappa shape index (κ3) is 5.30. The highest BCUT2D eigenvalue weighted by molar-refractivity contribution is 5.29. The van der Waals surface area contributed by atoms with Gasteiger partial charge in [-0.3, -0.25) is 4.90 Å². The van der Waals surface area contributed by atoms with E-state index < -0.39 is 0 Å². The van der Waals surface area contributed by atoms with Gasteiger partial charge in [0, 0.05) is 38.8 Å². The van der Waals surface area contributed by atoms with Gasteiger partial charge in [0.1, 0.15) is 12.4 Å². The van der Waals surface area contributed by atoms with Crippen LogP contribution in [-0.2, 0) is 13.2 Å². The van der Waals surface area contributed by atoms with Crippen molar-refractivity contribution in [3.63, 3.8) is 0 Å². The van der Waals surface area contributed by atoms with Crippen molar-refractivity contribution in [2.24, 2.45) is 0 Å². The van der Waals surface area contributed by atoms with Gasteiger partial charge in [-0.15, -0.1) is 0 Å². The zero-order valence-corrected chi connectivity index (χ0v) is 15.0. The number of hydrogen-bond acceptors (Lipinski definition) is 4. The molecule has 3 rings (SSSR count). The fourth-order valence-electron chi connectivity index (χ4n) is 3.35. The van der Waals surface area contributed by atoms with E-state index in [-0.39, 0.29) is 6.61 Å². The Hall–Kier alpha value is -1.88. The number of ether oxygens (including phenoxy) is 1. The van der Waals surface area contributed by atoms with Crippen LogP contribution < -0.4 is 4.74 Å². The summed E-state index contributed by atoms with van der Waals surface area (Å²) in [5.74, 6) is 0.919. The van der Waals surface area contributed by atoms with Gasteiger partial charge < -0.3 is 14.7 Å². The second-order valence-electron chi connectivity index (χ2n) is 6.80. The Kier molecular flexibility index (Phi) is 6.45. The molecule has 0 aromatic heterocycles. The molecule has 0 bridgehead atoms. The zero-order chi connectivity index (χ0) is 17.5. The summed E-state index contributed by atoms with van der Waals surface area (Å²) in [5, 5.41) is 9.24. The minimum atomic E-state index is 0.256. The molecule has 1 N–H and O–H groups in total. The molecule has 0 aliphatic carbocycles. The quantitative estimate of drug-likeness (QED) is 0.841. The van der Waals surface area contributed by atoms with Crippen LogP contribution in [0.3, 0.4) is 0 Å². The summed E-state index contributed by atoms with van der Waals surface area (Å²) in [4.78, 5) is 4.82. The van der Waals surface area contributed by atoms with Gasteiger partial charge >= 0.3 is 0 Å². The third-order valence-corrected chi connectivity index (χ3v) is 4.88. The molecular weight excluding hydrogens is 312 g/mol. The van der Waals surface area contributed by atoms with Crippen LogP contribution in [-0.4, -0.2) is 54.2 Å². The lowest BCUT2D eigenvalue weighted by Gasteiger charge is -2.39. The van der Waals surface area contributed by atoms with E-state index in [2.05, 4.69) is 47.2 Å². The first-order valence-electron chi connectivity index (χ1n) is 9.04. The number of benzene rings is 2. The van der Waals surface area contributed by atoms with Crippen molar-refractivity contribution >= 4 is 0 Å². The molecular formula is C21H28N2O2. The molecule has 0 amide bonds. The van der Waals surface area contributed by atoms with Gasteiger partial charge in [-0.2, -0.15) is 0 Å². The van der Waals surface area contributed by atoms with Gasteiger partial charge in [0.25, 0.3) is 0 Å². The van der Waals surface area contributed by atoms with E-state index in [1.807, 2.05) is 24.3 Å². The summed E-state index contributed by atoms with van der Waals surface area (Å²) in [6.07, 6.45) is 0.841. The van der Waals surface area contributed by atoms with Gasteiger partial charge in [0.2, 0.25) is 0 Å². The second kappa shape index (κ2) is 8.99. The first-order valence-corrected chi connectivity index (χ1v) is 9.04.